The Hall–Kier alpha value is -3.17. The number of nitrogens with one attached hydrogen (secondary N) is 1. The maximum Gasteiger partial charge on any atom is 0.289 e. The van der Waals surface area contributed by atoms with E-state index in [2.05, 4.69) is 22.2 Å². The van der Waals surface area contributed by atoms with Gasteiger partial charge in [-0.1, -0.05) is 41.7 Å². The van der Waals surface area contributed by atoms with Crippen molar-refractivity contribution in [2.45, 2.75) is 6.04 Å². The third-order valence-corrected chi connectivity index (χ3v) is 6.47. The number of hydrogen-bond donors (Lipinski definition) is 2. The lowest BCUT2D eigenvalue weighted by molar-refractivity contribution is -0.929. The topological polar surface area (TPSA) is 88.3 Å². The summed E-state index contributed by atoms with van der Waals surface area (Å²) in [5.41, 5.74) is 1.12. The van der Waals surface area contributed by atoms with Crippen LogP contribution in [0, 0.1) is 0 Å². The lowest BCUT2D eigenvalue weighted by Crippen LogP contribution is -3.15. The molecule has 0 radical (unpaired) electrons. The normalized spacial score (nSPS) is 16.3. The molecule has 1 amide bonds. The minimum absolute atomic E-state index is 0.0504. The van der Waals surface area contributed by atoms with Crippen LogP contribution in [-0.2, 0) is 0 Å². The molecule has 0 aliphatic carbocycles. The summed E-state index contributed by atoms with van der Waals surface area (Å²) < 4.78 is 6.73. The van der Waals surface area contributed by atoms with Gasteiger partial charge in [0, 0.05) is 5.56 Å². The third kappa shape index (κ3) is 3.18. The highest BCUT2D eigenvalue weighted by atomic mass is 32.1. The first-order chi connectivity index (χ1) is 14.2. The number of nitrogens with zero attached hydrogens (tertiary/aromatic N) is 4. The number of carbonyl (C=O) groups is 1. The van der Waals surface area contributed by atoms with Crippen LogP contribution < -0.4 is 4.90 Å². The number of piperazine rings is 1. The Balaban J connectivity index is 1.43. The molecule has 29 heavy (non-hydrogen) atoms. The molecule has 2 N–H and O–H groups in total. The molecule has 0 unspecified atom stereocenters. The van der Waals surface area contributed by atoms with E-state index in [0.717, 1.165) is 23.5 Å². The second-order valence-corrected chi connectivity index (χ2v) is 8.02. The number of aromatic nitrogens is 3. The van der Waals surface area contributed by atoms with E-state index in [1.807, 2.05) is 23.1 Å². The standard InChI is InChI=1S/C20H19N5O3S/c26-18(15-7-4-12-28-15)24-10-8-23(9-11-24)16(14-5-2-1-3-6-14)17-19(27)25-20(29-17)21-13-22-25/h1-7,12-13,16,27H,8-11H2/p+1/t16-/m0/s1. The number of fused-ring (bicyclic) bond motifs is 1. The molecule has 9 heteroatoms. The molecular formula is C20H20N5O3S+. The van der Waals surface area contributed by atoms with E-state index in [0.29, 0.717) is 23.8 Å². The van der Waals surface area contributed by atoms with Gasteiger partial charge in [-0.15, -0.1) is 0 Å². The van der Waals surface area contributed by atoms with Crippen LogP contribution in [0.3, 0.4) is 0 Å². The van der Waals surface area contributed by atoms with E-state index >= 15 is 0 Å². The SMILES string of the molecule is O=C(c1ccco1)N1CC[NH+]([C@@H](c2ccccc2)c2sc3ncnn3c2O)CC1. The first-order valence-corrected chi connectivity index (χ1v) is 10.3. The summed E-state index contributed by atoms with van der Waals surface area (Å²) >= 11 is 1.46. The molecule has 5 rings (SSSR count). The molecule has 8 nitrogen and oxygen atoms in total. The predicted octanol–water partition coefficient (Wildman–Crippen LogP) is 1.22. The monoisotopic (exact) mass is 410 g/mol. The highest BCUT2D eigenvalue weighted by Crippen LogP contribution is 2.34. The Morgan fingerprint density at radius 3 is 2.66 bits per heavy atom. The van der Waals surface area contributed by atoms with Gasteiger partial charge in [0.2, 0.25) is 10.8 Å². The highest BCUT2D eigenvalue weighted by Gasteiger charge is 2.36. The van der Waals surface area contributed by atoms with Crippen molar-refractivity contribution in [1.82, 2.24) is 19.5 Å². The van der Waals surface area contributed by atoms with Crippen molar-refractivity contribution in [3.05, 3.63) is 71.3 Å². The van der Waals surface area contributed by atoms with Crippen molar-refractivity contribution in [1.29, 1.82) is 0 Å². The maximum atomic E-state index is 12.6. The Bertz CT molecular complexity index is 1110. The van der Waals surface area contributed by atoms with Crippen molar-refractivity contribution >= 4 is 22.2 Å². The van der Waals surface area contributed by atoms with Gasteiger partial charge in [-0.05, 0) is 12.1 Å². The zero-order valence-electron chi connectivity index (χ0n) is 15.6. The molecule has 0 bridgehead atoms. The van der Waals surface area contributed by atoms with Crippen LogP contribution in [0.5, 0.6) is 5.88 Å². The zero-order chi connectivity index (χ0) is 19.8. The predicted molar refractivity (Wildman–Crippen MR) is 106 cm³/mol. The molecular weight excluding hydrogens is 390 g/mol. The molecule has 3 aromatic heterocycles. The van der Waals surface area contributed by atoms with Crippen LogP contribution >= 0.6 is 11.3 Å². The van der Waals surface area contributed by atoms with Crippen molar-refractivity contribution in [2.24, 2.45) is 0 Å². The summed E-state index contributed by atoms with van der Waals surface area (Å²) in [5.74, 6) is 0.432. The van der Waals surface area contributed by atoms with Crippen LogP contribution in [0.1, 0.15) is 27.0 Å². The van der Waals surface area contributed by atoms with E-state index in [4.69, 9.17) is 4.42 Å². The summed E-state index contributed by atoms with van der Waals surface area (Å²) in [6, 6.07) is 13.5. The van der Waals surface area contributed by atoms with Crippen LogP contribution in [-0.4, -0.2) is 56.7 Å². The van der Waals surface area contributed by atoms with Crippen LogP contribution in [0.15, 0.2) is 59.5 Å². The Labute approximate surface area is 170 Å². The number of thiazole rings is 1. The minimum atomic E-state index is -0.0769. The molecule has 1 saturated heterocycles. The fourth-order valence-corrected chi connectivity index (χ4v) is 5.06. The summed E-state index contributed by atoms with van der Waals surface area (Å²) in [4.78, 5) is 21.4. The van der Waals surface area contributed by atoms with Gasteiger partial charge in [0.05, 0.1) is 32.4 Å². The lowest BCUT2D eigenvalue weighted by Gasteiger charge is -2.36. The first-order valence-electron chi connectivity index (χ1n) is 9.46. The molecule has 1 aromatic carbocycles. The minimum Gasteiger partial charge on any atom is -0.492 e. The number of furan rings is 1. The number of rotatable bonds is 4. The molecule has 1 atom stereocenters. The van der Waals surface area contributed by atoms with Crippen LogP contribution in [0.2, 0.25) is 0 Å². The van der Waals surface area contributed by atoms with Crippen LogP contribution in [0.4, 0.5) is 0 Å². The van der Waals surface area contributed by atoms with Gasteiger partial charge in [-0.25, -0.2) is 4.98 Å². The molecule has 0 saturated carbocycles. The van der Waals surface area contributed by atoms with Gasteiger partial charge < -0.3 is 19.3 Å². The number of carbonyl (C=O) groups excluding carboxylic acids is 1. The van der Waals surface area contributed by atoms with Gasteiger partial charge >= 0.3 is 0 Å². The molecule has 0 spiro atoms. The van der Waals surface area contributed by atoms with E-state index in [1.54, 1.807) is 12.1 Å². The largest absolute Gasteiger partial charge is 0.492 e. The van der Waals surface area contributed by atoms with Crippen molar-refractivity contribution in [2.75, 3.05) is 26.2 Å². The van der Waals surface area contributed by atoms with Gasteiger partial charge in [-0.2, -0.15) is 9.61 Å². The van der Waals surface area contributed by atoms with Gasteiger partial charge in [0.1, 0.15) is 11.2 Å². The van der Waals surface area contributed by atoms with Gasteiger partial charge in [-0.3, -0.25) is 4.79 Å². The lowest BCUT2D eigenvalue weighted by atomic mass is 10.0. The molecule has 4 heterocycles. The molecule has 4 aromatic rings. The number of benzene rings is 1. The van der Waals surface area contributed by atoms with E-state index in [-0.39, 0.29) is 17.8 Å². The molecule has 1 aliphatic rings. The number of aromatic hydroxyl groups is 1. The summed E-state index contributed by atoms with van der Waals surface area (Å²) in [7, 11) is 0. The first kappa shape index (κ1) is 17.9. The summed E-state index contributed by atoms with van der Waals surface area (Å²) in [6.45, 7) is 2.78. The average Bonchev–Trinajstić information content (AvgIpc) is 3.50. The number of amides is 1. The zero-order valence-corrected chi connectivity index (χ0v) is 16.4. The Morgan fingerprint density at radius 1 is 1.17 bits per heavy atom. The highest BCUT2D eigenvalue weighted by molar-refractivity contribution is 7.17. The van der Waals surface area contributed by atoms with Gasteiger partial charge in [0.15, 0.2) is 11.8 Å². The fraction of sp³-hybridized carbons (Fsp3) is 0.250. The van der Waals surface area contributed by atoms with Crippen molar-refractivity contribution in [3.63, 3.8) is 0 Å². The second-order valence-electron chi connectivity index (χ2n) is 7.02. The molecule has 1 fully saturated rings. The van der Waals surface area contributed by atoms with E-state index in [1.165, 1.54) is 33.3 Å². The van der Waals surface area contributed by atoms with Crippen molar-refractivity contribution in [3.8, 4) is 5.88 Å². The molecule has 1 aliphatic heterocycles. The Morgan fingerprint density at radius 2 is 1.97 bits per heavy atom. The van der Waals surface area contributed by atoms with Gasteiger partial charge in [0.25, 0.3) is 5.91 Å². The number of quaternary nitrogens is 1. The van der Waals surface area contributed by atoms with Crippen LogP contribution in [0.25, 0.3) is 4.96 Å². The van der Waals surface area contributed by atoms with Crippen molar-refractivity contribution < 1.29 is 19.2 Å². The Kier molecular flexibility index (Phi) is 4.53. The summed E-state index contributed by atoms with van der Waals surface area (Å²) in [5, 5.41) is 14.9. The third-order valence-electron chi connectivity index (χ3n) is 5.37. The smallest absolute Gasteiger partial charge is 0.289 e. The quantitative estimate of drug-likeness (QED) is 0.528. The van der Waals surface area contributed by atoms with E-state index < -0.39 is 0 Å². The maximum absolute atomic E-state index is 12.6. The summed E-state index contributed by atoms with van der Waals surface area (Å²) in [6.07, 6.45) is 2.96. The number of hydrogen-bond acceptors (Lipinski definition) is 6. The molecule has 148 valence electrons. The second kappa shape index (κ2) is 7.34. The average molecular weight is 410 g/mol. The fourth-order valence-electron chi connectivity index (χ4n) is 3.94. The van der Waals surface area contributed by atoms with E-state index in [9.17, 15) is 9.90 Å².